The number of phenols is 1. The molecule has 1 aliphatic carbocycles. The number of rotatable bonds is 4. The molecule has 0 spiro atoms. The van der Waals surface area contributed by atoms with Crippen molar-refractivity contribution in [3.8, 4) is 11.5 Å². The lowest BCUT2D eigenvalue weighted by Crippen LogP contribution is -2.25. The molecule has 3 heteroatoms. The van der Waals surface area contributed by atoms with Gasteiger partial charge in [-0.1, -0.05) is 13.0 Å². The number of ether oxygens (including phenoxy) is 1. The average Bonchev–Trinajstić information content (AvgIpc) is 2.74. The zero-order chi connectivity index (χ0) is 12.3. The Morgan fingerprint density at radius 3 is 2.88 bits per heavy atom. The van der Waals surface area contributed by atoms with Crippen LogP contribution in [0.25, 0.3) is 0 Å². The highest BCUT2D eigenvalue weighted by Crippen LogP contribution is 2.27. The fourth-order valence-corrected chi connectivity index (χ4v) is 2.49. The van der Waals surface area contributed by atoms with E-state index in [1.54, 1.807) is 13.2 Å². The van der Waals surface area contributed by atoms with Crippen molar-refractivity contribution < 1.29 is 9.84 Å². The minimum atomic E-state index is 0.200. The van der Waals surface area contributed by atoms with Gasteiger partial charge in [0.05, 0.1) is 7.11 Å². The largest absolute Gasteiger partial charge is 0.504 e. The molecular weight excluding hydrogens is 214 g/mol. The number of benzene rings is 1. The fraction of sp³-hybridized carbons (Fsp3) is 0.571. The maximum absolute atomic E-state index is 9.50. The maximum Gasteiger partial charge on any atom is 0.160 e. The van der Waals surface area contributed by atoms with E-state index in [-0.39, 0.29) is 5.75 Å². The van der Waals surface area contributed by atoms with Gasteiger partial charge in [0.1, 0.15) is 0 Å². The Kier molecular flexibility index (Phi) is 3.89. The van der Waals surface area contributed by atoms with Gasteiger partial charge in [0.15, 0.2) is 11.5 Å². The van der Waals surface area contributed by atoms with E-state index < -0.39 is 0 Å². The maximum atomic E-state index is 9.50. The van der Waals surface area contributed by atoms with Crippen molar-refractivity contribution in [1.82, 2.24) is 5.32 Å². The first-order valence-corrected chi connectivity index (χ1v) is 6.28. The Hall–Kier alpha value is -1.22. The summed E-state index contributed by atoms with van der Waals surface area (Å²) in [6.07, 6.45) is 3.88. The molecule has 1 fully saturated rings. The van der Waals surface area contributed by atoms with Crippen LogP contribution >= 0.6 is 0 Å². The Morgan fingerprint density at radius 2 is 2.24 bits per heavy atom. The summed E-state index contributed by atoms with van der Waals surface area (Å²) in [5.41, 5.74) is 1.15. The molecule has 0 amide bonds. The molecule has 3 nitrogen and oxygen atoms in total. The van der Waals surface area contributed by atoms with Gasteiger partial charge in [-0.25, -0.2) is 0 Å². The molecule has 2 rings (SSSR count). The molecule has 1 aliphatic rings. The molecule has 94 valence electrons. The van der Waals surface area contributed by atoms with Crippen LogP contribution in [0.4, 0.5) is 0 Å². The van der Waals surface area contributed by atoms with E-state index in [9.17, 15) is 5.11 Å². The number of aromatic hydroxyl groups is 1. The molecule has 1 saturated carbocycles. The Labute approximate surface area is 103 Å². The number of phenolic OH excluding ortho intramolecular Hbond substituents is 1. The predicted molar refractivity (Wildman–Crippen MR) is 68.3 cm³/mol. The van der Waals surface area contributed by atoms with Crippen LogP contribution in [-0.4, -0.2) is 18.3 Å². The molecule has 0 radical (unpaired) electrons. The van der Waals surface area contributed by atoms with Gasteiger partial charge in [0, 0.05) is 12.6 Å². The van der Waals surface area contributed by atoms with E-state index in [2.05, 4.69) is 12.2 Å². The topological polar surface area (TPSA) is 41.5 Å². The standard InChI is InChI=1S/C14H21NO2/c1-10-3-5-12(7-10)15-9-11-4-6-13(16)14(8-11)17-2/h4,6,8,10,12,15-16H,3,5,7,9H2,1-2H3. The fourth-order valence-electron chi connectivity index (χ4n) is 2.49. The molecule has 0 heterocycles. The zero-order valence-corrected chi connectivity index (χ0v) is 10.6. The molecule has 1 aromatic rings. The van der Waals surface area contributed by atoms with Gasteiger partial charge in [-0.2, -0.15) is 0 Å². The normalized spacial score (nSPS) is 23.9. The summed E-state index contributed by atoms with van der Waals surface area (Å²) in [5.74, 6) is 1.59. The van der Waals surface area contributed by atoms with E-state index in [0.29, 0.717) is 11.8 Å². The van der Waals surface area contributed by atoms with Crippen LogP contribution in [0.5, 0.6) is 11.5 Å². The Morgan fingerprint density at radius 1 is 1.41 bits per heavy atom. The lowest BCUT2D eigenvalue weighted by atomic mass is 10.1. The highest BCUT2D eigenvalue weighted by molar-refractivity contribution is 5.41. The first-order valence-electron chi connectivity index (χ1n) is 6.28. The summed E-state index contributed by atoms with van der Waals surface area (Å²) in [7, 11) is 1.57. The number of methoxy groups -OCH3 is 1. The number of hydrogen-bond acceptors (Lipinski definition) is 3. The van der Waals surface area contributed by atoms with Crippen LogP contribution in [0, 0.1) is 5.92 Å². The van der Waals surface area contributed by atoms with Crippen molar-refractivity contribution in [3.63, 3.8) is 0 Å². The van der Waals surface area contributed by atoms with Crippen molar-refractivity contribution in [1.29, 1.82) is 0 Å². The smallest absolute Gasteiger partial charge is 0.160 e. The third kappa shape index (κ3) is 3.13. The highest BCUT2D eigenvalue weighted by Gasteiger charge is 2.20. The van der Waals surface area contributed by atoms with Crippen molar-refractivity contribution in [2.75, 3.05) is 7.11 Å². The SMILES string of the molecule is COc1cc(CNC2CCC(C)C2)ccc1O. The monoisotopic (exact) mass is 235 g/mol. The molecule has 17 heavy (non-hydrogen) atoms. The van der Waals surface area contributed by atoms with Crippen LogP contribution in [-0.2, 0) is 6.54 Å². The first kappa shape index (κ1) is 12.2. The van der Waals surface area contributed by atoms with Gasteiger partial charge in [-0.05, 0) is 42.9 Å². The minimum absolute atomic E-state index is 0.200. The Balaban J connectivity index is 1.90. The summed E-state index contributed by atoms with van der Waals surface area (Å²) < 4.78 is 5.10. The second-order valence-electron chi connectivity index (χ2n) is 5.00. The lowest BCUT2D eigenvalue weighted by molar-refractivity contribution is 0.372. The first-order chi connectivity index (χ1) is 8.19. The summed E-state index contributed by atoms with van der Waals surface area (Å²) in [4.78, 5) is 0. The molecule has 0 bridgehead atoms. The van der Waals surface area contributed by atoms with Crippen molar-refractivity contribution in [2.24, 2.45) is 5.92 Å². The van der Waals surface area contributed by atoms with Gasteiger partial charge < -0.3 is 15.2 Å². The molecule has 0 saturated heterocycles. The van der Waals surface area contributed by atoms with Crippen molar-refractivity contribution in [2.45, 2.75) is 38.8 Å². The molecule has 2 atom stereocenters. The summed E-state index contributed by atoms with van der Waals surface area (Å²) in [6, 6.07) is 6.15. The second kappa shape index (κ2) is 5.41. The van der Waals surface area contributed by atoms with Gasteiger partial charge >= 0.3 is 0 Å². The van der Waals surface area contributed by atoms with Crippen molar-refractivity contribution in [3.05, 3.63) is 23.8 Å². The predicted octanol–water partition coefficient (Wildman–Crippen LogP) is 2.68. The van der Waals surface area contributed by atoms with Crippen LogP contribution in [0.1, 0.15) is 31.7 Å². The molecule has 2 unspecified atom stereocenters. The third-order valence-corrected chi connectivity index (χ3v) is 3.53. The van der Waals surface area contributed by atoms with Gasteiger partial charge in [-0.3, -0.25) is 0 Å². The van der Waals surface area contributed by atoms with Gasteiger partial charge in [0.25, 0.3) is 0 Å². The third-order valence-electron chi connectivity index (χ3n) is 3.53. The quantitative estimate of drug-likeness (QED) is 0.843. The molecule has 0 aromatic heterocycles. The summed E-state index contributed by atoms with van der Waals surface area (Å²) >= 11 is 0. The molecule has 0 aliphatic heterocycles. The average molecular weight is 235 g/mol. The van der Waals surface area contributed by atoms with Crippen molar-refractivity contribution >= 4 is 0 Å². The lowest BCUT2D eigenvalue weighted by Gasteiger charge is -2.13. The Bertz CT molecular complexity index is 378. The van der Waals surface area contributed by atoms with Gasteiger partial charge in [-0.15, -0.1) is 0 Å². The number of nitrogens with one attached hydrogen (secondary N) is 1. The highest BCUT2D eigenvalue weighted by atomic mass is 16.5. The molecule has 2 N–H and O–H groups in total. The van der Waals surface area contributed by atoms with Crippen LogP contribution in [0.2, 0.25) is 0 Å². The van der Waals surface area contributed by atoms with Crippen LogP contribution < -0.4 is 10.1 Å². The van der Waals surface area contributed by atoms with E-state index >= 15 is 0 Å². The van der Waals surface area contributed by atoms with E-state index in [0.717, 1.165) is 18.0 Å². The van der Waals surface area contributed by atoms with Crippen LogP contribution in [0.3, 0.4) is 0 Å². The summed E-state index contributed by atoms with van der Waals surface area (Å²) in [5, 5.41) is 13.1. The van der Waals surface area contributed by atoms with E-state index in [1.165, 1.54) is 19.3 Å². The second-order valence-corrected chi connectivity index (χ2v) is 5.00. The molecular formula is C14H21NO2. The summed E-state index contributed by atoms with van der Waals surface area (Å²) in [6.45, 7) is 3.15. The molecule has 1 aromatic carbocycles. The van der Waals surface area contributed by atoms with E-state index in [1.807, 2.05) is 12.1 Å². The minimum Gasteiger partial charge on any atom is -0.504 e. The van der Waals surface area contributed by atoms with E-state index in [4.69, 9.17) is 4.74 Å². The number of hydrogen-bond donors (Lipinski definition) is 2. The zero-order valence-electron chi connectivity index (χ0n) is 10.6. The van der Waals surface area contributed by atoms with Gasteiger partial charge in [0.2, 0.25) is 0 Å². The van der Waals surface area contributed by atoms with Crippen LogP contribution in [0.15, 0.2) is 18.2 Å².